The Balaban J connectivity index is 2.25. The number of alkyl halides is 1. The molecule has 1 aromatic heterocycles. The molecule has 1 heterocycles. The second-order valence-corrected chi connectivity index (χ2v) is 4.45. The summed E-state index contributed by atoms with van der Waals surface area (Å²) in [5, 5.41) is 18.0. The van der Waals surface area contributed by atoms with Gasteiger partial charge in [0, 0.05) is 12.5 Å². The molecule has 0 saturated heterocycles. The van der Waals surface area contributed by atoms with Gasteiger partial charge in [-0.3, -0.25) is 14.3 Å². The van der Waals surface area contributed by atoms with E-state index in [-0.39, 0.29) is 6.54 Å². The fourth-order valence-corrected chi connectivity index (χ4v) is 2.09. The molecular weight excluding hydrogens is 250 g/mol. The van der Waals surface area contributed by atoms with Gasteiger partial charge in [0.25, 0.3) is 5.56 Å². The summed E-state index contributed by atoms with van der Waals surface area (Å²) in [6, 6.07) is 0. The van der Waals surface area contributed by atoms with Crippen LogP contribution in [0.3, 0.4) is 0 Å². The van der Waals surface area contributed by atoms with Gasteiger partial charge in [0.05, 0.1) is 24.8 Å². The Kier molecular flexibility index (Phi) is 3.07. The van der Waals surface area contributed by atoms with E-state index in [0.29, 0.717) is 6.20 Å². The lowest BCUT2D eigenvalue weighted by atomic mass is 10.1. The Labute approximate surface area is 99.5 Å². The highest BCUT2D eigenvalue weighted by Crippen LogP contribution is 2.55. The Bertz CT molecular complexity index is 564. The van der Waals surface area contributed by atoms with E-state index in [1.54, 1.807) is 4.98 Å². The normalized spacial score (nSPS) is 25.1. The van der Waals surface area contributed by atoms with E-state index in [1.807, 2.05) is 0 Å². The van der Waals surface area contributed by atoms with Gasteiger partial charge in [-0.1, -0.05) is 0 Å². The maximum atomic E-state index is 13.5. The summed E-state index contributed by atoms with van der Waals surface area (Å²) in [6.07, 6.45) is -0.777. The van der Waals surface area contributed by atoms with Gasteiger partial charge >= 0.3 is 5.69 Å². The first-order valence-electron chi connectivity index (χ1n) is 5.31. The number of aromatic nitrogens is 2. The van der Waals surface area contributed by atoms with Crippen LogP contribution in [0.2, 0.25) is 0 Å². The zero-order chi connectivity index (χ0) is 13.5. The third kappa shape index (κ3) is 1.77. The minimum atomic E-state index is -1.46. The Morgan fingerprint density at radius 1 is 1.39 bits per heavy atom. The second-order valence-electron chi connectivity index (χ2n) is 4.45. The van der Waals surface area contributed by atoms with E-state index in [2.05, 4.69) is 0 Å². The molecule has 8 heteroatoms. The fourth-order valence-electron chi connectivity index (χ4n) is 2.09. The Hall–Kier alpha value is -1.54. The van der Waals surface area contributed by atoms with Crippen LogP contribution in [-0.4, -0.2) is 39.1 Å². The van der Waals surface area contributed by atoms with Gasteiger partial charge in [0.1, 0.15) is 6.17 Å². The van der Waals surface area contributed by atoms with Crippen LogP contribution < -0.4 is 11.2 Å². The molecule has 0 radical (unpaired) electrons. The lowest BCUT2D eigenvalue weighted by molar-refractivity contribution is 0.105. The molecule has 1 aliphatic rings. The summed E-state index contributed by atoms with van der Waals surface area (Å²) in [7, 11) is 0. The summed E-state index contributed by atoms with van der Waals surface area (Å²) in [4.78, 5) is 23.9. The number of aliphatic hydroxyl groups excluding tert-OH is 2. The average Bonchev–Trinajstić information content (AvgIpc) is 2.91. The van der Waals surface area contributed by atoms with Gasteiger partial charge in [-0.05, 0) is 0 Å². The van der Waals surface area contributed by atoms with Crippen molar-refractivity contribution >= 4 is 0 Å². The molecular formula is C10H12F2N2O4. The molecule has 2 rings (SSSR count). The quantitative estimate of drug-likeness (QED) is 0.623. The van der Waals surface area contributed by atoms with Gasteiger partial charge < -0.3 is 10.2 Å². The number of halogens is 2. The molecule has 100 valence electrons. The highest BCUT2D eigenvalue weighted by atomic mass is 19.1. The van der Waals surface area contributed by atoms with Crippen molar-refractivity contribution in [3.05, 3.63) is 32.9 Å². The monoisotopic (exact) mass is 262 g/mol. The first kappa shape index (κ1) is 12.9. The SMILES string of the molecule is O=c1[nH]c(=O)n(C[C@@H]2[C@H](F)C2(CO)CO)cc1F. The van der Waals surface area contributed by atoms with E-state index in [1.165, 1.54) is 0 Å². The van der Waals surface area contributed by atoms with Crippen LogP contribution in [0.25, 0.3) is 0 Å². The van der Waals surface area contributed by atoms with Crippen LogP contribution in [0.4, 0.5) is 8.78 Å². The number of hydrogen-bond acceptors (Lipinski definition) is 4. The first-order valence-corrected chi connectivity index (χ1v) is 5.31. The van der Waals surface area contributed by atoms with E-state index >= 15 is 0 Å². The molecule has 3 N–H and O–H groups in total. The highest BCUT2D eigenvalue weighted by Gasteiger charge is 2.65. The molecule has 2 atom stereocenters. The van der Waals surface area contributed by atoms with E-state index in [0.717, 1.165) is 4.57 Å². The van der Waals surface area contributed by atoms with Crippen LogP contribution in [0, 0.1) is 17.2 Å². The summed E-state index contributed by atoms with van der Waals surface area (Å²) < 4.78 is 27.3. The number of nitrogens with one attached hydrogen (secondary N) is 1. The van der Waals surface area contributed by atoms with Crippen molar-refractivity contribution in [2.45, 2.75) is 12.7 Å². The third-order valence-electron chi connectivity index (χ3n) is 3.48. The van der Waals surface area contributed by atoms with Crippen molar-refractivity contribution in [2.75, 3.05) is 13.2 Å². The number of H-pyrrole nitrogens is 1. The maximum Gasteiger partial charge on any atom is 0.328 e. The van der Waals surface area contributed by atoms with Crippen molar-refractivity contribution in [1.29, 1.82) is 0 Å². The number of aliphatic hydroxyl groups is 2. The Morgan fingerprint density at radius 2 is 2.00 bits per heavy atom. The van der Waals surface area contributed by atoms with Crippen LogP contribution in [0.5, 0.6) is 0 Å². The van der Waals surface area contributed by atoms with Gasteiger partial charge in [0.2, 0.25) is 5.82 Å². The molecule has 1 fully saturated rings. The van der Waals surface area contributed by atoms with E-state index in [4.69, 9.17) is 10.2 Å². The van der Waals surface area contributed by atoms with Crippen molar-refractivity contribution in [3.8, 4) is 0 Å². The number of hydrogen-bond donors (Lipinski definition) is 3. The second kappa shape index (κ2) is 4.29. The molecule has 0 aliphatic heterocycles. The van der Waals surface area contributed by atoms with E-state index < -0.39 is 47.8 Å². The molecule has 18 heavy (non-hydrogen) atoms. The molecule has 1 aromatic rings. The zero-order valence-corrected chi connectivity index (χ0v) is 9.27. The lowest BCUT2D eigenvalue weighted by Crippen LogP contribution is -2.32. The molecule has 0 amide bonds. The molecule has 1 saturated carbocycles. The standard InChI is InChI=1S/C10H12F2N2O4/c11-6-2-14(9(18)13-8(6)17)1-5-7(12)10(5,3-15)4-16/h2,5,7,15-16H,1,3-4H2,(H,13,17,18)/t5-,7+/m1/s1. The van der Waals surface area contributed by atoms with Crippen molar-refractivity contribution in [2.24, 2.45) is 11.3 Å². The van der Waals surface area contributed by atoms with Gasteiger partial charge in [0.15, 0.2) is 0 Å². The largest absolute Gasteiger partial charge is 0.396 e. The average molecular weight is 262 g/mol. The molecule has 0 unspecified atom stereocenters. The smallest absolute Gasteiger partial charge is 0.328 e. The lowest BCUT2D eigenvalue weighted by Gasteiger charge is -2.09. The summed E-state index contributed by atoms with van der Waals surface area (Å²) in [5.74, 6) is -1.93. The van der Waals surface area contributed by atoms with Crippen molar-refractivity contribution in [1.82, 2.24) is 9.55 Å². The third-order valence-corrected chi connectivity index (χ3v) is 3.48. The van der Waals surface area contributed by atoms with Crippen LogP contribution in [0.15, 0.2) is 15.8 Å². The van der Waals surface area contributed by atoms with Crippen molar-refractivity contribution in [3.63, 3.8) is 0 Å². The summed E-state index contributed by atoms with van der Waals surface area (Å²) >= 11 is 0. The predicted octanol–water partition coefficient (Wildman–Crippen LogP) is -1.39. The molecule has 1 aliphatic carbocycles. The van der Waals surface area contributed by atoms with Gasteiger partial charge in [-0.25, -0.2) is 9.18 Å². The number of rotatable bonds is 4. The highest BCUT2D eigenvalue weighted by molar-refractivity contribution is 5.11. The summed E-state index contributed by atoms with van der Waals surface area (Å²) in [5.41, 5.74) is -3.28. The van der Waals surface area contributed by atoms with Crippen LogP contribution >= 0.6 is 0 Å². The molecule has 0 bridgehead atoms. The minimum Gasteiger partial charge on any atom is -0.396 e. The number of nitrogens with zero attached hydrogens (tertiary/aromatic N) is 1. The topological polar surface area (TPSA) is 95.3 Å². The maximum absolute atomic E-state index is 13.5. The van der Waals surface area contributed by atoms with Crippen LogP contribution in [0.1, 0.15) is 0 Å². The minimum absolute atomic E-state index is 0.213. The Morgan fingerprint density at radius 3 is 2.50 bits per heavy atom. The van der Waals surface area contributed by atoms with Crippen LogP contribution in [-0.2, 0) is 6.54 Å². The predicted molar refractivity (Wildman–Crippen MR) is 56.3 cm³/mol. The molecule has 0 aromatic carbocycles. The number of aromatic amines is 1. The summed E-state index contributed by atoms with van der Waals surface area (Å²) in [6.45, 7) is -1.33. The molecule has 0 spiro atoms. The molecule has 6 nitrogen and oxygen atoms in total. The first-order chi connectivity index (χ1) is 8.46. The van der Waals surface area contributed by atoms with Crippen molar-refractivity contribution < 1.29 is 19.0 Å². The van der Waals surface area contributed by atoms with Gasteiger partial charge in [-0.15, -0.1) is 0 Å². The zero-order valence-electron chi connectivity index (χ0n) is 9.27. The van der Waals surface area contributed by atoms with E-state index in [9.17, 15) is 18.4 Å². The van der Waals surface area contributed by atoms with Gasteiger partial charge in [-0.2, -0.15) is 4.39 Å². The fraction of sp³-hybridized carbons (Fsp3) is 0.600.